The number of halogens is 1. The number of anilines is 1. The van der Waals surface area contributed by atoms with E-state index in [2.05, 4.69) is 0 Å². The fourth-order valence-corrected chi connectivity index (χ4v) is 2.88. The maximum absolute atomic E-state index is 12.5. The molecule has 27 heavy (non-hydrogen) atoms. The van der Waals surface area contributed by atoms with E-state index in [-0.39, 0.29) is 22.9 Å². The van der Waals surface area contributed by atoms with Crippen LogP contribution in [0.15, 0.2) is 39.5 Å². The smallest absolute Gasteiger partial charge is 0.342 e. The van der Waals surface area contributed by atoms with Crippen molar-refractivity contribution in [2.45, 2.75) is 20.5 Å². The van der Waals surface area contributed by atoms with E-state index in [1.807, 2.05) is 19.9 Å². The van der Waals surface area contributed by atoms with Crippen molar-refractivity contribution >= 4 is 34.2 Å². The number of hydrogen-bond acceptors (Lipinski definition) is 6. The average molecular weight is 388 g/mol. The number of nitrogens with two attached hydrogens (primary N) is 1. The van der Waals surface area contributed by atoms with Crippen LogP contribution < -0.4 is 16.1 Å². The number of carbonyl (C=O) groups is 1. The highest BCUT2D eigenvalue weighted by Gasteiger charge is 2.17. The minimum Gasteiger partial charge on any atom is -0.496 e. The van der Waals surface area contributed by atoms with Crippen molar-refractivity contribution in [2.75, 3.05) is 12.8 Å². The third-order valence-corrected chi connectivity index (χ3v) is 4.67. The van der Waals surface area contributed by atoms with Gasteiger partial charge in [0.25, 0.3) is 0 Å². The van der Waals surface area contributed by atoms with Gasteiger partial charge in [-0.1, -0.05) is 11.6 Å². The second-order valence-electron chi connectivity index (χ2n) is 6.17. The van der Waals surface area contributed by atoms with Gasteiger partial charge >= 0.3 is 11.6 Å². The minimum absolute atomic E-state index is 0.103. The van der Waals surface area contributed by atoms with Gasteiger partial charge in [-0.3, -0.25) is 0 Å². The number of nitrogen functional groups attached to an aromatic ring is 1. The van der Waals surface area contributed by atoms with E-state index in [4.69, 9.17) is 31.2 Å². The fraction of sp³-hybridized carbons (Fsp3) is 0.200. The molecule has 6 nitrogen and oxygen atoms in total. The monoisotopic (exact) mass is 387 g/mol. The fourth-order valence-electron chi connectivity index (χ4n) is 2.72. The molecule has 0 aliphatic carbocycles. The summed E-state index contributed by atoms with van der Waals surface area (Å²) in [5, 5.41) is 0.937. The third-order valence-electron chi connectivity index (χ3n) is 4.34. The number of rotatable bonds is 4. The standard InChI is InChI=1S/C20H18ClNO5/c1-10-4-13-12(6-19(23)27-18(13)5-11(10)2)9-26-20(24)14-7-15(21)16(22)8-17(14)25-3/h4-8H,9,22H2,1-3H3. The van der Waals surface area contributed by atoms with E-state index >= 15 is 0 Å². The molecule has 0 saturated carbocycles. The summed E-state index contributed by atoms with van der Waals surface area (Å²) in [7, 11) is 1.42. The zero-order chi connectivity index (χ0) is 19.7. The number of ether oxygens (including phenoxy) is 2. The summed E-state index contributed by atoms with van der Waals surface area (Å²) in [5.41, 5.74) is 8.70. The van der Waals surface area contributed by atoms with Crippen LogP contribution in [0.2, 0.25) is 5.02 Å². The first-order valence-electron chi connectivity index (χ1n) is 8.14. The Morgan fingerprint density at radius 1 is 1.15 bits per heavy atom. The zero-order valence-corrected chi connectivity index (χ0v) is 15.8. The molecule has 0 spiro atoms. The number of methoxy groups -OCH3 is 1. The van der Waals surface area contributed by atoms with Crippen molar-refractivity contribution in [1.29, 1.82) is 0 Å². The number of aryl methyl sites for hydroxylation is 2. The quantitative estimate of drug-likeness (QED) is 0.413. The number of carbonyl (C=O) groups excluding carboxylic acids is 1. The lowest BCUT2D eigenvalue weighted by atomic mass is 10.0. The van der Waals surface area contributed by atoms with Crippen molar-refractivity contribution in [3.05, 3.63) is 68.0 Å². The molecular weight excluding hydrogens is 370 g/mol. The molecule has 0 amide bonds. The molecule has 140 valence electrons. The minimum atomic E-state index is -0.640. The first kappa shape index (κ1) is 18.8. The van der Waals surface area contributed by atoms with Crippen molar-refractivity contribution < 1.29 is 18.7 Å². The molecule has 0 saturated heterocycles. The lowest BCUT2D eigenvalue weighted by Gasteiger charge is -2.12. The molecule has 0 unspecified atom stereocenters. The van der Waals surface area contributed by atoms with E-state index in [1.165, 1.54) is 25.3 Å². The summed E-state index contributed by atoms with van der Waals surface area (Å²) >= 11 is 5.99. The first-order chi connectivity index (χ1) is 12.8. The van der Waals surface area contributed by atoms with Crippen LogP contribution >= 0.6 is 11.6 Å². The van der Waals surface area contributed by atoms with Gasteiger partial charge in [-0.2, -0.15) is 0 Å². The highest BCUT2D eigenvalue weighted by Crippen LogP contribution is 2.30. The van der Waals surface area contributed by atoms with Gasteiger partial charge in [0, 0.05) is 23.1 Å². The molecule has 0 aliphatic rings. The molecule has 2 aromatic carbocycles. The van der Waals surface area contributed by atoms with E-state index in [9.17, 15) is 9.59 Å². The lowest BCUT2D eigenvalue weighted by molar-refractivity contribution is 0.0470. The average Bonchev–Trinajstić information content (AvgIpc) is 2.62. The molecule has 1 aromatic heterocycles. The third kappa shape index (κ3) is 3.75. The molecule has 1 heterocycles. The summed E-state index contributed by atoms with van der Waals surface area (Å²) in [6, 6.07) is 7.86. The number of hydrogen-bond donors (Lipinski definition) is 1. The van der Waals surface area contributed by atoms with Gasteiger partial charge in [0.05, 0.1) is 17.8 Å². The molecule has 0 atom stereocenters. The van der Waals surface area contributed by atoms with Crippen LogP contribution in [-0.2, 0) is 11.3 Å². The van der Waals surface area contributed by atoms with Crippen LogP contribution in [0.25, 0.3) is 11.0 Å². The SMILES string of the molecule is COc1cc(N)c(Cl)cc1C(=O)OCc1cc(=O)oc2cc(C)c(C)cc12. The summed E-state index contributed by atoms with van der Waals surface area (Å²) < 4.78 is 15.8. The number of fused-ring (bicyclic) bond motifs is 1. The maximum Gasteiger partial charge on any atom is 0.342 e. The van der Waals surface area contributed by atoms with Crippen molar-refractivity contribution in [3.8, 4) is 5.75 Å². The Morgan fingerprint density at radius 3 is 2.56 bits per heavy atom. The molecule has 0 radical (unpaired) electrons. The zero-order valence-electron chi connectivity index (χ0n) is 15.1. The van der Waals surface area contributed by atoms with Crippen LogP contribution in [0.4, 0.5) is 5.69 Å². The second kappa shape index (κ2) is 7.32. The number of benzene rings is 2. The van der Waals surface area contributed by atoms with Crippen molar-refractivity contribution in [2.24, 2.45) is 0 Å². The molecule has 0 aliphatic heterocycles. The largest absolute Gasteiger partial charge is 0.496 e. The Balaban J connectivity index is 1.93. The summed E-state index contributed by atoms with van der Waals surface area (Å²) in [4.78, 5) is 24.3. The van der Waals surface area contributed by atoms with E-state index in [0.717, 1.165) is 11.1 Å². The normalized spacial score (nSPS) is 10.8. The summed E-state index contributed by atoms with van der Waals surface area (Å²) in [5.74, 6) is -0.384. The molecule has 3 aromatic rings. The van der Waals surface area contributed by atoms with Gasteiger partial charge < -0.3 is 19.6 Å². The van der Waals surface area contributed by atoms with Gasteiger partial charge in [0.15, 0.2) is 0 Å². The molecular formula is C20H18ClNO5. The Hall–Kier alpha value is -2.99. The Labute approximate surface area is 160 Å². The second-order valence-corrected chi connectivity index (χ2v) is 6.58. The molecule has 2 N–H and O–H groups in total. The van der Waals surface area contributed by atoms with E-state index < -0.39 is 11.6 Å². The van der Waals surface area contributed by atoms with E-state index in [1.54, 1.807) is 6.07 Å². The van der Waals surface area contributed by atoms with Crippen LogP contribution in [-0.4, -0.2) is 13.1 Å². The van der Waals surface area contributed by atoms with Crippen LogP contribution in [0.1, 0.15) is 27.0 Å². The first-order valence-corrected chi connectivity index (χ1v) is 8.52. The van der Waals surface area contributed by atoms with Gasteiger partial charge in [-0.25, -0.2) is 9.59 Å². The molecule has 3 rings (SSSR count). The van der Waals surface area contributed by atoms with Crippen molar-refractivity contribution in [1.82, 2.24) is 0 Å². The highest BCUT2D eigenvalue weighted by atomic mass is 35.5. The molecule has 0 fully saturated rings. The van der Waals surface area contributed by atoms with Gasteiger partial charge in [0.1, 0.15) is 23.5 Å². The predicted molar refractivity (Wildman–Crippen MR) is 103 cm³/mol. The summed E-state index contributed by atoms with van der Waals surface area (Å²) in [6.07, 6.45) is 0. The Bertz CT molecular complexity index is 1100. The van der Waals surface area contributed by atoms with Gasteiger partial charge in [-0.15, -0.1) is 0 Å². The van der Waals surface area contributed by atoms with Crippen molar-refractivity contribution in [3.63, 3.8) is 0 Å². The number of esters is 1. The van der Waals surface area contributed by atoms with E-state index in [0.29, 0.717) is 22.2 Å². The Morgan fingerprint density at radius 2 is 1.85 bits per heavy atom. The Kier molecular flexibility index (Phi) is 5.10. The van der Waals surface area contributed by atoms with Gasteiger partial charge in [-0.05, 0) is 43.2 Å². The topological polar surface area (TPSA) is 91.8 Å². The van der Waals surface area contributed by atoms with Crippen LogP contribution in [0.5, 0.6) is 5.75 Å². The maximum atomic E-state index is 12.5. The predicted octanol–water partition coefficient (Wildman–Crippen LogP) is 4.01. The molecule has 7 heteroatoms. The lowest BCUT2D eigenvalue weighted by Crippen LogP contribution is -2.10. The van der Waals surface area contributed by atoms with Crippen LogP contribution in [0.3, 0.4) is 0 Å². The summed E-state index contributed by atoms with van der Waals surface area (Å²) in [6.45, 7) is 3.78. The highest BCUT2D eigenvalue weighted by molar-refractivity contribution is 6.33. The van der Waals surface area contributed by atoms with Crippen LogP contribution in [0, 0.1) is 13.8 Å². The van der Waals surface area contributed by atoms with Gasteiger partial charge in [0.2, 0.25) is 0 Å². The molecule has 0 bridgehead atoms.